The zero-order chi connectivity index (χ0) is 22.5. The van der Waals surface area contributed by atoms with E-state index in [1.54, 1.807) is 16.7 Å². The number of allylic oxidation sites excluding steroid dienone is 8. The van der Waals surface area contributed by atoms with Gasteiger partial charge in [-0.3, -0.25) is 0 Å². The van der Waals surface area contributed by atoms with Gasteiger partial charge in [0.2, 0.25) is 0 Å². The van der Waals surface area contributed by atoms with Crippen LogP contribution in [0.3, 0.4) is 0 Å². The number of hydrogen-bond acceptors (Lipinski definition) is 0. The lowest BCUT2D eigenvalue weighted by molar-refractivity contribution is 0.439. The molecule has 0 radical (unpaired) electrons. The maximum Gasteiger partial charge on any atom is 0.0107 e. The van der Waals surface area contributed by atoms with Crippen LogP contribution in [0.2, 0.25) is 0 Å². The second kappa shape index (κ2) is 10.6. The van der Waals surface area contributed by atoms with Crippen molar-refractivity contribution in [1.82, 2.24) is 0 Å². The van der Waals surface area contributed by atoms with E-state index in [1.165, 1.54) is 24.0 Å². The molecule has 5 atom stereocenters. The van der Waals surface area contributed by atoms with Crippen molar-refractivity contribution in [3.63, 3.8) is 0 Å². The Kier molecular flexibility index (Phi) is 9.45. The molecule has 164 valence electrons. The van der Waals surface area contributed by atoms with Gasteiger partial charge in [-0.15, -0.1) is 6.58 Å². The third kappa shape index (κ3) is 7.16. The molecule has 0 nitrogen and oxygen atoms in total. The first-order valence-corrected chi connectivity index (χ1v) is 11.7. The lowest BCUT2D eigenvalue weighted by Crippen LogP contribution is -2.13. The molecule has 5 unspecified atom stereocenters. The van der Waals surface area contributed by atoms with E-state index in [0.717, 1.165) is 6.42 Å². The zero-order valence-corrected chi connectivity index (χ0v) is 21.2. The summed E-state index contributed by atoms with van der Waals surface area (Å²) in [5, 5.41) is 0. The molecule has 1 fully saturated rings. The number of rotatable bonds is 11. The average molecular weight is 397 g/mol. The van der Waals surface area contributed by atoms with E-state index in [2.05, 4.69) is 101 Å². The SMILES string of the molecule is C=CC(C)C(C)C(C)=C(C)C(C)CC(C)CC(C(=C)C)=C1CC1(C)C=CC(C)C. The van der Waals surface area contributed by atoms with Crippen molar-refractivity contribution in [2.24, 2.45) is 35.0 Å². The Bertz CT molecular complexity index is 681. The summed E-state index contributed by atoms with van der Waals surface area (Å²) in [5.41, 5.74) is 7.80. The van der Waals surface area contributed by atoms with Gasteiger partial charge in [-0.25, -0.2) is 0 Å². The van der Waals surface area contributed by atoms with Gasteiger partial charge in [-0.05, 0) is 75.2 Å². The molecule has 1 saturated carbocycles. The normalized spacial score (nSPS) is 26.0. The van der Waals surface area contributed by atoms with E-state index in [1.807, 2.05) is 0 Å². The molecule has 0 heteroatoms. The first kappa shape index (κ1) is 25.7. The lowest BCUT2D eigenvalue weighted by Gasteiger charge is -2.25. The molecule has 0 aliphatic heterocycles. The van der Waals surface area contributed by atoms with Gasteiger partial charge in [0.05, 0.1) is 0 Å². The standard InChI is InChI=1S/C29H48/c1-13-22(7)24(9)26(11)25(10)23(8)16-21(6)17-27(20(4)5)28-18-29(28,12)15-14-19(2)3/h13-15,19,21-24H,1,4,16-18H2,2-3,5-12H3. The molecule has 0 spiro atoms. The van der Waals surface area contributed by atoms with E-state index in [4.69, 9.17) is 0 Å². The Hall–Kier alpha value is -1.30. The van der Waals surface area contributed by atoms with Gasteiger partial charge in [0.1, 0.15) is 0 Å². The summed E-state index contributed by atoms with van der Waals surface area (Å²) in [6, 6.07) is 0. The Morgan fingerprint density at radius 2 is 1.62 bits per heavy atom. The van der Waals surface area contributed by atoms with E-state index in [9.17, 15) is 0 Å². The van der Waals surface area contributed by atoms with Crippen molar-refractivity contribution in [1.29, 1.82) is 0 Å². The molecular formula is C29H48. The second-order valence-electron chi connectivity index (χ2n) is 10.6. The molecular weight excluding hydrogens is 348 g/mol. The highest BCUT2D eigenvalue weighted by molar-refractivity contribution is 5.48. The number of hydrogen-bond donors (Lipinski definition) is 0. The summed E-state index contributed by atoms with van der Waals surface area (Å²) in [6.45, 7) is 31.5. The molecule has 1 rings (SSSR count). The highest BCUT2D eigenvalue weighted by Gasteiger charge is 2.43. The smallest absolute Gasteiger partial charge is 0.0107 e. The van der Waals surface area contributed by atoms with Crippen molar-refractivity contribution in [2.75, 3.05) is 0 Å². The Balaban J connectivity index is 2.89. The van der Waals surface area contributed by atoms with Crippen LogP contribution in [0.1, 0.15) is 88.5 Å². The first-order valence-electron chi connectivity index (χ1n) is 11.7. The van der Waals surface area contributed by atoms with Gasteiger partial charge in [-0.1, -0.05) is 95.6 Å². The van der Waals surface area contributed by atoms with Crippen molar-refractivity contribution < 1.29 is 0 Å². The van der Waals surface area contributed by atoms with Crippen LogP contribution in [0.5, 0.6) is 0 Å². The molecule has 0 amide bonds. The topological polar surface area (TPSA) is 0 Å². The third-order valence-corrected chi connectivity index (χ3v) is 7.35. The Morgan fingerprint density at radius 3 is 2.10 bits per heavy atom. The summed E-state index contributed by atoms with van der Waals surface area (Å²) < 4.78 is 0. The molecule has 0 aromatic rings. The van der Waals surface area contributed by atoms with Crippen LogP contribution in [0, 0.1) is 35.0 Å². The van der Waals surface area contributed by atoms with E-state index >= 15 is 0 Å². The monoisotopic (exact) mass is 396 g/mol. The molecule has 1 aliphatic rings. The molecule has 0 bridgehead atoms. The highest BCUT2D eigenvalue weighted by atomic mass is 14.5. The van der Waals surface area contributed by atoms with Gasteiger partial charge >= 0.3 is 0 Å². The van der Waals surface area contributed by atoms with Crippen LogP contribution < -0.4 is 0 Å². The summed E-state index contributed by atoms with van der Waals surface area (Å²) in [6.07, 6.45) is 10.5. The molecule has 1 aliphatic carbocycles. The van der Waals surface area contributed by atoms with Crippen molar-refractivity contribution in [3.8, 4) is 0 Å². The predicted octanol–water partition coefficient (Wildman–Crippen LogP) is 9.33. The van der Waals surface area contributed by atoms with Gasteiger partial charge in [0.25, 0.3) is 0 Å². The zero-order valence-electron chi connectivity index (χ0n) is 21.2. The summed E-state index contributed by atoms with van der Waals surface area (Å²) in [7, 11) is 0. The van der Waals surface area contributed by atoms with Crippen molar-refractivity contribution in [3.05, 3.63) is 59.3 Å². The van der Waals surface area contributed by atoms with E-state index < -0.39 is 0 Å². The summed E-state index contributed by atoms with van der Waals surface area (Å²) in [5.74, 6) is 3.00. The molecule has 0 heterocycles. The van der Waals surface area contributed by atoms with Gasteiger partial charge in [0, 0.05) is 5.41 Å². The van der Waals surface area contributed by atoms with Gasteiger partial charge in [-0.2, -0.15) is 0 Å². The minimum atomic E-state index is 0.270. The fraction of sp³-hybridized carbons (Fsp3) is 0.655. The summed E-state index contributed by atoms with van der Waals surface area (Å²) in [4.78, 5) is 0. The van der Waals surface area contributed by atoms with Crippen molar-refractivity contribution in [2.45, 2.75) is 88.5 Å². The first-order chi connectivity index (χ1) is 13.3. The lowest BCUT2D eigenvalue weighted by atomic mass is 9.80. The molecule has 0 aromatic heterocycles. The highest BCUT2D eigenvalue weighted by Crippen LogP contribution is 2.56. The quantitative estimate of drug-likeness (QED) is 0.305. The van der Waals surface area contributed by atoms with Gasteiger partial charge < -0.3 is 0 Å². The maximum absolute atomic E-state index is 4.32. The third-order valence-electron chi connectivity index (χ3n) is 7.35. The van der Waals surface area contributed by atoms with E-state index in [-0.39, 0.29) is 5.41 Å². The van der Waals surface area contributed by atoms with Crippen LogP contribution in [-0.2, 0) is 0 Å². The minimum absolute atomic E-state index is 0.270. The molecule has 0 N–H and O–H groups in total. The van der Waals surface area contributed by atoms with Gasteiger partial charge in [0.15, 0.2) is 0 Å². The average Bonchev–Trinajstić information content (AvgIpc) is 3.32. The van der Waals surface area contributed by atoms with Crippen LogP contribution in [-0.4, -0.2) is 0 Å². The van der Waals surface area contributed by atoms with Crippen LogP contribution in [0.25, 0.3) is 0 Å². The minimum Gasteiger partial charge on any atom is -0.103 e. The largest absolute Gasteiger partial charge is 0.103 e. The van der Waals surface area contributed by atoms with Crippen LogP contribution in [0.4, 0.5) is 0 Å². The fourth-order valence-corrected chi connectivity index (χ4v) is 4.45. The molecule has 0 aromatic carbocycles. The molecule has 0 saturated heterocycles. The fourth-order valence-electron chi connectivity index (χ4n) is 4.45. The van der Waals surface area contributed by atoms with E-state index in [0.29, 0.717) is 29.6 Å². The maximum atomic E-state index is 4.32. The predicted molar refractivity (Wildman–Crippen MR) is 133 cm³/mol. The van der Waals surface area contributed by atoms with Crippen molar-refractivity contribution >= 4 is 0 Å². The van der Waals surface area contributed by atoms with Crippen LogP contribution in [0.15, 0.2) is 59.3 Å². The Labute approximate surface area is 183 Å². The molecule has 29 heavy (non-hydrogen) atoms. The second-order valence-corrected chi connectivity index (χ2v) is 10.6. The van der Waals surface area contributed by atoms with Crippen LogP contribution >= 0.6 is 0 Å². The Morgan fingerprint density at radius 1 is 1.03 bits per heavy atom. The summed E-state index contributed by atoms with van der Waals surface area (Å²) >= 11 is 0.